The Bertz CT molecular complexity index is 2770. The maximum absolute atomic E-state index is 6.83. The van der Waals surface area contributed by atoms with Crippen molar-refractivity contribution in [3.05, 3.63) is 182 Å². The molecular formula is C47H30N4O. The fourth-order valence-corrected chi connectivity index (χ4v) is 7.13. The first-order valence-electron chi connectivity index (χ1n) is 17.4. The van der Waals surface area contributed by atoms with Gasteiger partial charge in [0.25, 0.3) is 0 Å². The van der Waals surface area contributed by atoms with Crippen LogP contribution in [0.3, 0.4) is 0 Å². The van der Waals surface area contributed by atoms with Gasteiger partial charge in [0.15, 0.2) is 11.6 Å². The Hall–Kier alpha value is -7.11. The summed E-state index contributed by atoms with van der Waals surface area (Å²) in [6, 6.07) is 62.5. The molecule has 0 atom stereocenters. The van der Waals surface area contributed by atoms with Gasteiger partial charge in [-0.1, -0.05) is 133 Å². The van der Waals surface area contributed by atoms with Crippen LogP contribution in [-0.4, -0.2) is 19.5 Å². The van der Waals surface area contributed by atoms with E-state index in [0.717, 1.165) is 89.9 Å². The highest BCUT2D eigenvalue weighted by Gasteiger charge is 2.26. The zero-order chi connectivity index (χ0) is 34.4. The molecule has 0 saturated carbocycles. The van der Waals surface area contributed by atoms with Crippen molar-refractivity contribution in [1.82, 2.24) is 19.5 Å². The molecule has 0 N–H and O–H groups in total. The van der Waals surface area contributed by atoms with Crippen LogP contribution in [0.1, 0.15) is 0 Å². The number of benzene rings is 7. The summed E-state index contributed by atoms with van der Waals surface area (Å²) < 4.78 is 9.04. The standard InChI is InChI=1S/C47H30N4O/c1-3-14-31(15-4-1)33-18-11-20-35(28-33)41-30-40(32-16-5-2-6-17-32)48-46(49-41)36-21-12-19-34(29-36)37-22-13-23-38-45(37)52-44-27-10-9-26-43(44)51-42-25-8-7-24-39(42)50-47(38)51/h1-30H. The molecule has 5 heteroatoms. The number of imidazole rings is 1. The molecule has 2 aromatic heterocycles. The lowest BCUT2D eigenvalue weighted by Gasteiger charge is -2.15. The van der Waals surface area contributed by atoms with Crippen molar-refractivity contribution >= 4 is 11.0 Å². The van der Waals surface area contributed by atoms with Gasteiger partial charge in [0, 0.05) is 22.3 Å². The summed E-state index contributed by atoms with van der Waals surface area (Å²) >= 11 is 0. The van der Waals surface area contributed by atoms with Crippen LogP contribution in [0.4, 0.5) is 0 Å². The van der Waals surface area contributed by atoms with Crippen LogP contribution < -0.4 is 4.74 Å². The highest BCUT2D eigenvalue weighted by molar-refractivity contribution is 5.90. The molecule has 0 spiro atoms. The van der Waals surface area contributed by atoms with Crippen LogP contribution in [0.5, 0.6) is 11.5 Å². The average Bonchev–Trinajstić information content (AvgIpc) is 3.54. The number of nitrogens with zero attached hydrogens (tertiary/aromatic N) is 4. The fourth-order valence-electron chi connectivity index (χ4n) is 7.13. The summed E-state index contributed by atoms with van der Waals surface area (Å²) in [5, 5.41) is 0. The maximum atomic E-state index is 6.83. The number of rotatable bonds is 5. The lowest BCUT2D eigenvalue weighted by atomic mass is 9.98. The minimum atomic E-state index is 0.651. The highest BCUT2D eigenvalue weighted by Crippen LogP contribution is 2.47. The molecule has 0 unspecified atom stereocenters. The third-order valence-corrected chi connectivity index (χ3v) is 9.63. The van der Waals surface area contributed by atoms with E-state index >= 15 is 0 Å². The molecule has 52 heavy (non-hydrogen) atoms. The van der Waals surface area contributed by atoms with Gasteiger partial charge >= 0.3 is 0 Å². The van der Waals surface area contributed by atoms with E-state index in [1.165, 1.54) is 0 Å². The predicted molar refractivity (Wildman–Crippen MR) is 209 cm³/mol. The van der Waals surface area contributed by atoms with Gasteiger partial charge in [-0.2, -0.15) is 0 Å². The molecule has 0 fully saturated rings. The van der Waals surface area contributed by atoms with E-state index < -0.39 is 0 Å². The molecule has 3 heterocycles. The van der Waals surface area contributed by atoms with Crippen LogP contribution in [0, 0.1) is 0 Å². The Balaban J connectivity index is 1.13. The summed E-state index contributed by atoms with van der Waals surface area (Å²) in [5.41, 5.74) is 12.8. The van der Waals surface area contributed by atoms with Gasteiger partial charge in [-0.3, -0.25) is 4.57 Å². The van der Waals surface area contributed by atoms with Gasteiger partial charge in [-0.25, -0.2) is 15.0 Å². The summed E-state index contributed by atoms with van der Waals surface area (Å²) in [6.45, 7) is 0. The molecule has 1 aliphatic heterocycles. The van der Waals surface area contributed by atoms with E-state index in [-0.39, 0.29) is 0 Å². The molecule has 5 nitrogen and oxygen atoms in total. The van der Waals surface area contributed by atoms with Gasteiger partial charge < -0.3 is 4.74 Å². The molecule has 0 bridgehead atoms. The number of hydrogen-bond acceptors (Lipinski definition) is 4. The second-order valence-corrected chi connectivity index (χ2v) is 12.9. The van der Waals surface area contributed by atoms with Crippen molar-refractivity contribution in [2.45, 2.75) is 0 Å². The number of hydrogen-bond donors (Lipinski definition) is 0. The molecule has 0 radical (unpaired) electrons. The second kappa shape index (κ2) is 12.3. The summed E-state index contributed by atoms with van der Waals surface area (Å²) in [4.78, 5) is 15.5. The minimum Gasteiger partial charge on any atom is -0.454 e. The first kappa shape index (κ1) is 29.8. The molecule has 9 aromatic rings. The van der Waals surface area contributed by atoms with E-state index in [4.69, 9.17) is 19.7 Å². The minimum absolute atomic E-state index is 0.651. The van der Waals surface area contributed by atoms with Crippen molar-refractivity contribution in [1.29, 1.82) is 0 Å². The van der Waals surface area contributed by atoms with Gasteiger partial charge in [0.05, 0.1) is 33.7 Å². The number of ether oxygens (including phenoxy) is 1. The van der Waals surface area contributed by atoms with Crippen molar-refractivity contribution in [2.24, 2.45) is 0 Å². The van der Waals surface area contributed by atoms with Crippen molar-refractivity contribution in [3.8, 4) is 84.7 Å². The Labute approximate surface area is 301 Å². The Morgan fingerprint density at radius 2 is 1.00 bits per heavy atom. The van der Waals surface area contributed by atoms with E-state index in [9.17, 15) is 0 Å². The summed E-state index contributed by atoms with van der Waals surface area (Å²) in [7, 11) is 0. The fraction of sp³-hybridized carbons (Fsp3) is 0. The topological polar surface area (TPSA) is 52.8 Å². The number of fused-ring (bicyclic) bond motifs is 7. The summed E-state index contributed by atoms with van der Waals surface area (Å²) in [5.74, 6) is 3.04. The van der Waals surface area contributed by atoms with E-state index in [1.807, 2.05) is 48.5 Å². The molecule has 1 aliphatic rings. The normalized spacial score (nSPS) is 11.6. The van der Waals surface area contributed by atoms with E-state index in [1.54, 1.807) is 0 Å². The number of aromatic nitrogens is 4. The largest absolute Gasteiger partial charge is 0.454 e. The van der Waals surface area contributed by atoms with Gasteiger partial charge in [0.1, 0.15) is 11.6 Å². The van der Waals surface area contributed by atoms with Gasteiger partial charge in [0.2, 0.25) is 0 Å². The van der Waals surface area contributed by atoms with Gasteiger partial charge in [-0.05, 0) is 65.2 Å². The first-order valence-corrected chi connectivity index (χ1v) is 17.4. The molecular weight excluding hydrogens is 637 g/mol. The zero-order valence-corrected chi connectivity index (χ0v) is 28.0. The van der Waals surface area contributed by atoms with E-state index in [2.05, 4.69) is 138 Å². The van der Waals surface area contributed by atoms with Crippen LogP contribution >= 0.6 is 0 Å². The molecule has 244 valence electrons. The van der Waals surface area contributed by atoms with Gasteiger partial charge in [-0.15, -0.1) is 0 Å². The predicted octanol–water partition coefficient (Wildman–Crippen LogP) is 11.9. The Morgan fingerprint density at radius 1 is 0.404 bits per heavy atom. The highest BCUT2D eigenvalue weighted by atomic mass is 16.5. The van der Waals surface area contributed by atoms with E-state index in [0.29, 0.717) is 5.82 Å². The van der Waals surface area contributed by atoms with Crippen molar-refractivity contribution < 1.29 is 4.74 Å². The lowest BCUT2D eigenvalue weighted by Crippen LogP contribution is -1.97. The Morgan fingerprint density at radius 3 is 1.85 bits per heavy atom. The van der Waals surface area contributed by atoms with Crippen LogP contribution in [0.25, 0.3) is 84.3 Å². The Kier molecular flexibility index (Phi) is 7.07. The second-order valence-electron chi connectivity index (χ2n) is 12.9. The summed E-state index contributed by atoms with van der Waals surface area (Å²) in [6.07, 6.45) is 0. The lowest BCUT2D eigenvalue weighted by molar-refractivity contribution is 0.487. The average molecular weight is 667 g/mol. The molecule has 0 saturated heterocycles. The van der Waals surface area contributed by atoms with Crippen LogP contribution in [0.15, 0.2) is 182 Å². The number of para-hydroxylation sites is 5. The molecule has 0 amide bonds. The monoisotopic (exact) mass is 666 g/mol. The van der Waals surface area contributed by atoms with Crippen LogP contribution in [-0.2, 0) is 0 Å². The molecule has 0 aliphatic carbocycles. The SMILES string of the molecule is c1ccc(-c2cccc(-c3cc(-c4ccccc4)nc(-c4cccc(-c5cccc6c5Oc5ccccc5-n5c-6nc6ccccc65)c4)n3)c2)cc1. The quantitative estimate of drug-likeness (QED) is 0.183. The van der Waals surface area contributed by atoms with Crippen molar-refractivity contribution in [2.75, 3.05) is 0 Å². The zero-order valence-electron chi connectivity index (χ0n) is 28.0. The maximum Gasteiger partial charge on any atom is 0.160 e. The third-order valence-electron chi connectivity index (χ3n) is 9.63. The molecule has 7 aromatic carbocycles. The smallest absolute Gasteiger partial charge is 0.160 e. The van der Waals surface area contributed by atoms with Crippen LogP contribution in [0.2, 0.25) is 0 Å². The first-order chi connectivity index (χ1) is 25.8. The third kappa shape index (κ3) is 5.15. The van der Waals surface area contributed by atoms with Crippen molar-refractivity contribution in [3.63, 3.8) is 0 Å². The molecule has 10 rings (SSSR count).